The summed E-state index contributed by atoms with van der Waals surface area (Å²) in [5, 5.41) is 1.63. The van der Waals surface area contributed by atoms with Gasteiger partial charge in [-0.2, -0.15) is 8.78 Å². The molecule has 4 heteroatoms. The van der Waals surface area contributed by atoms with Crippen molar-refractivity contribution >= 4 is 17.1 Å². The lowest BCUT2D eigenvalue weighted by molar-refractivity contribution is 0.0221. The van der Waals surface area contributed by atoms with Crippen LogP contribution < -0.4 is 0 Å². The van der Waals surface area contributed by atoms with Gasteiger partial charge in [0.2, 0.25) is 5.78 Å². The number of alkyl halides is 2. The molecule has 1 aromatic heterocycles. The topological polar surface area (TPSA) is 17.1 Å². The fraction of sp³-hybridized carbons (Fsp3) is 0.375. The lowest BCUT2D eigenvalue weighted by atomic mass is 10.1. The molecule has 0 unspecified atom stereocenters. The third-order valence-electron chi connectivity index (χ3n) is 1.50. The van der Waals surface area contributed by atoms with E-state index < -0.39 is 11.7 Å². The fourth-order valence-electron chi connectivity index (χ4n) is 0.857. The monoisotopic (exact) mass is 190 g/mol. The Morgan fingerprint density at radius 3 is 2.50 bits per heavy atom. The average Bonchev–Trinajstić information content (AvgIpc) is 2.31. The molecule has 0 spiro atoms. The van der Waals surface area contributed by atoms with Gasteiger partial charge >= 0.3 is 5.92 Å². The highest BCUT2D eigenvalue weighted by atomic mass is 32.1. The molecule has 0 bridgehead atoms. The van der Waals surface area contributed by atoms with E-state index in [4.69, 9.17) is 0 Å². The standard InChI is InChI=1S/C8H8F2OS/c1-5-6(3-4-12-5)7(11)8(2,9)10/h3-4H,1-2H3. The maximum Gasteiger partial charge on any atom is 0.307 e. The summed E-state index contributed by atoms with van der Waals surface area (Å²) in [6.07, 6.45) is 0. The van der Waals surface area contributed by atoms with E-state index in [0.717, 1.165) is 0 Å². The molecule has 1 nitrogen and oxygen atoms in total. The smallest absolute Gasteiger partial charge is 0.287 e. The van der Waals surface area contributed by atoms with Gasteiger partial charge in [-0.1, -0.05) is 0 Å². The summed E-state index contributed by atoms with van der Waals surface area (Å²) >= 11 is 1.29. The van der Waals surface area contributed by atoms with Gasteiger partial charge in [-0.25, -0.2) is 0 Å². The second-order valence-corrected chi connectivity index (χ2v) is 3.73. The quantitative estimate of drug-likeness (QED) is 0.655. The minimum Gasteiger partial charge on any atom is -0.287 e. The van der Waals surface area contributed by atoms with Crippen LogP contribution in [0.25, 0.3) is 0 Å². The first-order valence-corrected chi connectivity index (χ1v) is 4.27. The number of hydrogen-bond donors (Lipinski definition) is 0. The average molecular weight is 190 g/mol. The highest BCUT2D eigenvalue weighted by Crippen LogP contribution is 2.24. The van der Waals surface area contributed by atoms with Crippen molar-refractivity contribution in [2.75, 3.05) is 0 Å². The maximum atomic E-state index is 12.5. The van der Waals surface area contributed by atoms with Crippen molar-refractivity contribution in [3.63, 3.8) is 0 Å². The Kier molecular flexibility index (Phi) is 2.28. The van der Waals surface area contributed by atoms with Crippen LogP contribution in [0, 0.1) is 6.92 Å². The van der Waals surface area contributed by atoms with Gasteiger partial charge in [0, 0.05) is 17.4 Å². The third kappa shape index (κ3) is 1.69. The summed E-state index contributed by atoms with van der Waals surface area (Å²) in [6.45, 7) is 2.27. The number of carbonyl (C=O) groups is 1. The molecule has 0 fully saturated rings. The van der Waals surface area contributed by atoms with Crippen molar-refractivity contribution in [3.8, 4) is 0 Å². The fourth-order valence-corrected chi connectivity index (χ4v) is 1.55. The van der Waals surface area contributed by atoms with Crippen LogP contribution in [0.15, 0.2) is 11.4 Å². The molecule has 0 saturated heterocycles. The van der Waals surface area contributed by atoms with Gasteiger partial charge in [-0.15, -0.1) is 11.3 Å². The molecule has 0 aliphatic carbocycles. The second kappa shape index (κ2) is 2.94. The molecule has 1 aromatic rings. The summed E-state index contributed by atoms with van der Waals surface area (Å²) in [6, 6.07) is 1.43. The number of rotatable bonds is 2. The van der Waals surface area contributed by atoms with Gasteiger partial charge in [0.1, 0.15) is 0 Å². The van der Waals surface area contributed by atoms with Gasteiger partial charge in [0.15, 0.2) is 0 Å². The SMILES string of the molecule is Cc1sccc1C(=O)C(C)(F)F. The Bertz CT molecular complexity index is 298. The van der Waals surface area contributed by atoms with Crippen LogP contribution in [-0.2, 0) is 0 Å². The van der Waals surface area contributed by atoms with E-state index in [-0.39, 0.29) is 5.56 Å². The van der Waals surface area contributed by atoms with Crippen LogP contribution in [0.4, 0.5) is 8.78 Å². The second-order valence-electron chi connectivity index (χ2n) is 2.61. The van der Waals surface area contributed by atoms with Crippen LogP contribution in [0.3, 0.4) is 0 Å². The number of ketones is 1. The van der Waals surface area contributed by atoms with Crippen molar-refractivity contribution in [1.29, 1.82) is 0 Å². The highest BCUT2D eigenvalue weighted by Gasteiger charge is 2.34. The lowest BCUT2D eigenvalue weighted by Gasteiger charge is -2.07. The maximum absolute atomic E-state index is 12.5. The molecule has 0 amide bonds. The number of hydrogen-bond acceptors (Lipinski definition) is 2. The number of aryl methyl sites for hydroxylation is 1. The molecular weight excluding hydrogens is 182 g/mol. The zero-order chi connectivity index (χ0) is 9.35. The predicted octanol–water partition coefficient (Wildman–Crippen LogP) is 2.89. The third-order valence-corrected chi connectivity index (χ3v) is 2.35. The Hall–Kier alpha value is -0.770. The molecule has 0 atom stereocenters. The molecular formula is C8H8F2OS. The van der Waals surface area contributed by atoms with Crippen LogP contribution in [0.2, 0.25) is 0 Å². The number of Topliss-reactive ketones (excluding diaryl/α,β-unsaturated/α-hetero) is 1. The zero-order valence-corrected chi connectivity index (χ0v) is 7.54. The summed E-state index contributed by atoms with van der Waals surface area (Å²) in [4.78, 5) is 11.6. The van der Waals surface area contributed by atoms with Crippen molar-refractivity contribution in [1.82, 2.24) is 0 Å². The zero-order valence-electron chi connectivity index (χ0n) is 6.73. The van der Waals surface area contributed by atoms with Gasteiger partial charge in [-0.3, -0.25) is 4.79 Å². The molecule has 12 heavy (non-hydrogen) atoms. The summed E-state index contributed by atoms with van der Waals surface area (Å²) in [5.41, 5.74) is 0.132. The van der Waals surface area contributed by atoms with Crippen LogP contribution >= 0.6 is 11.3 Å². The van der Waals surface area contributed by atoms with E-state index in [9.17, 15) is 13.6 Å². The summed E-state index contributed by atoms with van der Waals surface area (Å²) < 4.78 is 25.0. The Balaban J connectivity index is 3.01. The Labute approximate surface area is 73.0 Å². The Morgan fingerprint density at radius 1 is 1.58 bits per heavy atom. The molecule has 0 saturated carbocycles. The van der Waals surface area contributed by atoms with E-state index in [0.29, 0.717) is 11.8 Å². The summed E-state index contributed by atoms with van der Waals surface area (Å²) in [7, 11) is 0. The predicted molar refractivity (Wildman–Crippen MR) is 44.0 cm³/mol. The molecule has 1 heterocycles. The van der Waals surface area contributed by atoms with Crippen molar-refractivity contribution in [2.45, 2.75) is 19.8 Å². The molecule has 0 aromatic carbocycles. The van der Waals surface area contributed by atoms with Crippen molar-refractivity contribution < 1.29 is 13.6 Å². The van der Waals surface area contributed by atoms with E-state index in [1.54, 1.807) is 12.3 Å². The number of thiophene rings is 1. The molecule has 0 radical (unpaired) electrons. The minimum absolute atomic E-state index is 0.132. The van der Waals surface area contributed by atoms with Crippen LogP contribution in [-0.4, -0.2) is 11.7 Å². The van der Waals surface area contributed by atoms with E-state index >= 15 is 0 Å². The van der Waals surface area contributed by atoms with Gasteiger partial charge in [0.25, 0.3) is 0 Å². The van der Waals surface area contributed by atoms with Crippen LogP contribution in [0.5, 0.6) is 0 Å². The summed E-state index contributed by atoms with van der Waals surface area (Å²) in [5.74, 6) is -4.35. The Morgan fingerprint density at radius 2 is 2.17 bits per heavy atom. The molecule has 0 N–H and O–H groups in total. The van der Waals surface area contributed by atoms with Crippen LogP contribution in [0.1, 0.15) is 22.2 Å². The van der Waals surface area contributed by atoms with Gasteiger partial charge in [-0.05, 0) is 18.4 Å². The van der Waals surface area contributed by atoms with E-state index in [2.05, 4.69) is 0 Å². The highest BCUT2D eigenvalue weighted by molar-refractivity contribution is 7.10. The molecule has 0 aliphatic rings. The number of halogens is 2. The van der Waals surface area contributed by atoms with Crippen molar-refractivity contribution in [3.05, 3.63) is 21.9 Å². The first-order chi connectivity index (χ1) is 5.43. The van der Waals surface area contributed by atoms with Crippen molar-refractivity contribution in [2.24, 2.45) is 0 Å². The van der Waals surface area contributed by atoms with E-state index in [1.807, 2.05) is 0 Å². The number of carbonyl (C=O) groups excluding carboxylic acids is 1. The molecule has 66 valence electrons. The molecule has 1 rings (SSSR count). The lowest BCUT2D eigenvalue weighted by Crippen LogP contribution is -2.24. The molecule has 0 aliphatic heterocycles. The van der Waals surface area contributed by atoms with Gasteiger partial charge < -0.3 is 0 Å². The van der Waals surface area contributed by atoms with Gasteiger partial charge in [0.05, 0.1) is 0 Å². The first kappa shape index (κ1) is 9.32. The van der Waals surface area contributed by atoms with E-state index in [1.165, 1.54) is 17.4 Å². The first-order valence-electron chi connectivity index (χ1n) is 3.39. The minimum atomic E-state index is -3.26. The normalized spacial score (nSPS) is 11.7. The largest absolute Gasteiger partial charge is 0.307 e.